The first kappa shape index (κ1) is 9.53. The van der Waals surface area contributed by atoms with Crippen molar-refractivity contribution in [3.8, 4) is 10.4 Å². The average Bonchev–Trinajstić information content (AvgIpc) is 2.48. The molecule has 1 heterocycles. The van der Waals surface area contributed by atoms with Crippen molar-refractivity contribution in [2.24, 2.45) is 0 Å². The zero-order valence-corrected chi connectivity index (χ0v) is 8.14. The summed E-state index contributed by atoms with van der Waals surface area (Å²) in [5.74, 6) is -0.256. The van der Waals surface area contributed by atoms with Gasteiger partial charge in [-0.05, 0) is 6.07 Å². The first-order chi connectivity index (χ1) is 6.68. The fourth-order valence-electron chi connectivity index (χ4n) is 1.21. The largest absolute Gasteiger partial charge is 0.206 e. The topological polar surface area (TPSA) is 0 Å². The highest BCUT2D eigenvalue weighted by Gasteiger charge is 2.07. The van der Waals surface area contributed by atoms with E-state index in [9.17, 15) is 4.39 Å². The summed E-state index contributed by atoms with van der Waals surface area (Å²) in [5, 5.41) is 0. The van der Waals surface area contributed by atoms with Gasteiger partial charge in [-0.3, -0.25) is 0 Å². The van der Waals surface area contributed by atoms with Crippen LogP contribution in [0, 0.1) is 5.82 Å². The minimum Gasteiger partial charge on any atom is -0.206 e. The van der Waals surface area contributed by atoms with Crippen LogP contribution < -0.4 is 10.2 Å². The molecule has 0 aliphatic heterocycles. The maximum atomic E-state index is 13.3. The molecule has 0 amide bonds. The number of hydrogen-bond acceptors (Lipinski definition) is 1. The van der Waals surface area contributed by atoms with E-state index in [2.05, 4.69) is 0 Å². The van der Waals surface area contributed by atoms with Crippen molar-refractivity contribution in [2.45, 2.75) is 0 Å². The van der Waals surface area contributed by atoms with E-state index in [0.717, 1.165) is 4.88 Å². The molecule has 2 aromatic rings. The van der Waals surface area contributed by atoms with Gasteiger partial charge in [0.1, 0.15) is 21.5 Å². The van der Waals surface area contributed by atoms with Gasteiger partial charge < -0.3 is 0 Å². The average molecular weight is 198 g/mol. The van der Waals surface area contributed by atoms with Crippen molar-refractivity contribution in [2.75, 3.05) is 0 Å². The van der Waals surface area contributed by atoms with Crippen LogP contribution in [0.5, 0.6) is 0 Å². The Morgan fingerprint density at radius 2 is 1.86 bits per heavy atom. The van der Waals surface area contributed by atoms with Gasteiger partial charge in [-0.25, -0.2) is 4.39 Å². The van der Waals surface area contributed by atoms with E-state index in [0.29, 0.717) is 15.8 Å². The Hall–Kier alpha value is -1.02. The highest BCUT2D eigenvalue weighted by atomic mass is 32.1. The van der Waals surface area contributed by atoms with Crippen LogP contribution >= 0.6 is 11.3 Å². The number of halogens is 1. The van der Waals surface area contributed by atoms with Crippen molar-refractivity contribution in [1.29, 1.82) is 0 Å². The number of benzene rings is 1. The lowest BCUT2D eigenvalue weighted by Gasteiger charge is -1.97. The Labute approximate surface area is 88.6 Å². The van der Waals surface area contributed by atoms with Crippen LogP contribution in [0.3, 0.4) is 0 Å². The number of rotatable bonds is 1. The van der Waals surface area contributed by atoms with Gasteiger partial charge in [0.2, 0.25) is 0 Å². The number of thiophene rings is 1. The Morgan fingerprint density at radius 1 is 1.14 bits per heavy atom. The molecule has 2 rings (SSSR count). The lowest BCUT2D eigenvalue weighted by Crippen LogP contribution is -2.18. The fourth-order valence-corrected chi connectivity index (χ4v) is 2.09. The molecule has 0 unspecified atom stereocenters. The molecule has 0 fully saturated rings. The molecule has 4 heteroatoms. The summed E-state index contributed by atoms with van der Waals surface area (Å²) in [6.07, 6.45) is 0. The summed E-state index contributed by atoms with van der Waals surface area (Å²) in [6, 6.07) is 8.25. The van der Waals surface area contributed by atoms with E-state index in [1.165, 1.54) is 17.4 Å². The summed E-state index contributed by atoms with van der Waals surface area (Å²) in [7, 11) is 11.2. The van der Waals surface area contributed by atoms with E-state index < -0.39 is 0 Å². The van der Waals surface area contributed by atoms with E-state index >= 15 is 0 Å². The summed E-state index contributed by atoms with van der Waals surface area (Å²) in [4.78, 5) is 0.762. The molecule has 1 aromatic heterocycles. The monoisotopic (exact) mass is 198 g/mol. The molecule has 0 bridgehead atoms. The normalized spacial score (nSPS) is 10.4. The maximum Gasteiger partial charge on any atom is 0.131 e. The predicted octanol–water partition coefficient (Wildman–Crippen LogP) is 1.14. The minimum absolute atomic E-state index is 0.256. The van der Waals surface area contributed by atoms with Crippen molar-refractivity contribution in [1.82, 2.24) is 0 Å². The van der Waals surface area contributed by atoms with Gasteiger partial charge >= 0.3 is 0 Å². The summed E-state index contributed by atoms with van der Waals surface area (Å²) >= 11 is 1.29. The van der Waals surface area contributed by atoms with Gasteiger partial charge in [0.25, 0.3) is 0 Å². The molecule has 0 aliphatic carbocycles. The van der Waals surface area contributed by atoms with Crippen molar-refractivity contribution >= 4 is 37.3 Å². The second-order valence-electron chi connectivity index (χ2n) is 2.91. The third-order valence-corrected chi connectivity index (χ3v) is 2.94. The fraction of sp³-hybridized carbons (Fsp3) is 0. The predicted molar refractivity (Wildman–Crippen MR) is 60.5 cm³/mol. The molecular weight excluding hydrogens is 193 g/mol. The first-order valence-corrected chi connectivity index (χ1v) is 4.90. The molecule has 0 saturated heterocycles. The van der Waals surface area contributed by atoms with Gasteiger partial charge in [0.05, 0.1) is 0 Å². The van der Waals surface area contributed by atoms with Crippen LogP contribution in [-0.4, -0.2) is 15.7 Å². The molecule has 0 saturated carbocycles. The third-order valence-electron chi connectivity index (χ3n) is 1.93. The standard InChI is InChI=1S/C10H5B2FS/c11-7-5-9(14-10(7)12)6-3-1-2-4-8(6)13/h1-5H. The molecule has 0 N–H and O–H groups in total. The summed E-state index contributed by atoms with van der Waals surface area (Å²) in [5.41, 5.74) is 1.05. The maximum absolute atomic E-state index is 13.3. The van der Waals surface area contributed by atoms with Crippen LogP contribution in [0.25, 0.3) is 10.4 Å². The zero-order valence-electron chi connectivity index (χ0n) is 7.33. The highest BCUT2D eigenvalue weighted by molar-refractivity contribution is 7.24. The molecule has 0 atom stereocenters. The summed E-state index contributed by atoms with van der Waals surface area (Å²) in [6.45, 7) is 0. The van der Waals surface area contributed by atoms with E-state index in [4.69, 9.17) is 15.7 Å². The van der Waals surface area contributed by atoms with E-state index in [1.54, 1.807) is 24.3 Å². The Kier molecular flexibility index (Phi) is 2.46. The first-order valence-electron chi connectivity index (χ1n) is 4.08. The second kappa shape index (κ2) is 3.62. The zero-order chi connectivity index (χ0) is 10.1. The molecule has 4 radical (unpaired) electrons. The van der Waals surface area contributed by atoms with Crippen LogP contribution in [0.15, 0.2) is 30.3 Å². The molecule has 14 heavy (non-hydrogen) atoms. The number of hydrogen-bond donors (Lipinski definition) is 0. The summed E-state index contributed by atoms with van der Waals surface area (Å²) < 4.78 is 13.9. The lowest BCUT2D eigenvalue weighted by molar-refractivity contribution is 0.632. The van der Waals surface area contributed by atoms with Gasteiger partial charge in [-0.2, -0.15) is 11.3 Å². The molecule has 0 spiro atoms. The Balaban J connectivity index is 2.55. The van der Waals surface area contributed by atoms with Crippen molar-refractivity contribution in [3.63, 3.8) is 0 Å². The second-order valence-corrected chi connectivity index (χ2v) is 3.99. The van der Waals surface area contributed by atoms with Crippen molar-refractivity contribution < 1.29 is 4.39 Å². The molecular formula is C10H5B2FS. The SMILES string of the molecule is [B]c1cc(-c2ccccc2F)sc1[B]. The van der Waals surface area contributed by atoms with Gasteiger partial charge in [0.15, 0.2) is 0 Å². The van der Waals surface area contributed by atoms with Crippen LogP contribution in [0.1, 0.15) is 0 Å². The van der Waals surface area contributed by atoms with Crippen LogP contribution in [0.4, 0.5) is 4.39 Å². The van der Waals surface area contributed by atoms with E-state index in [1.807, 2.05) is 0 Å². The van der Waals surface area contributed by atoms with Crippen molar-refractivity contribution in [3.05, 3.63) is 36.1 Å². The third kappa shape index (κ3) is 1.62. The van der Waals surface area contributed by atoms with Crippen LogP contribution in [0.2, 0.25) is 0 Å². The molecule has 0 aliphatic rings. The lowest BCUT2D eigenvalue weighted by atomic mass is 9.88. The smallest absolute Gasteiger partial charge is 0.131 e. The Morgan fingerprint density at radius 3 is 2.43 bits per heavy atom. The van der Waals surface area contributed by atoms with Gasteiger partial charge in [-0.1, -0.05) is 34.5 Å². The quantitative estimate of drug-likeness (QED) is 0.602. The molecule has 1 aromatic carbocycles. The van der Waals surface area contributed by atoms with Gasteiger partial charge in [-0.15, -0.1) is 0 Å². The molecule has 0 nitrogen and oxygen atoms in total. The highest BCUT2D eigenvalue weighted by Crippen LogP contribution is 2.24. The molecule has 64 valence electrons. The van der Waals surface area contributed by atoms with E-state index in [-0.39, 0.29) is 5.82 Å². The van der Waals surface area contributed by atoms with Crippen LogP contribution in [-0.2, 0) is 0 Å². The minimum atomic E-state index is -0.256. The van der Waals surface area contributed by atoms with Gasteiger partial charge in [0, 0.05) is 10.4 Å². The Bertz CT molecular complexity index is 445.